The molecule has 0 radical (unpaired) electrons. The molecule has 0 aromatic carbocycles. The van der Waals surface area contributed by atoms with Gasteiger partial charge in [0, 0.05) is 5.41 Å². The Hall–Kier alpha value is -0.400. The summed E-state index contributed by atoms with van der Waals surface area (Å²) in [6.07, 6.45) is -0.998. The van der Waals surface area contributed by atoms with Crippen LogP contribution in [0.2, 0.25) is 0 Å². The molecule has 0 bridgehead atoms. The van der Waals surface area contributed by atoms with E-state index < -0.39 is 11.6 Å². The fraction of sp³-hybridized carbons (Fsp3) is 0.833. The predicted octanol–water partition coefficient (Wildman–Crippen LogP) is 1.57. The Morgan fingerprint density at radius 1 is 1.50 bits per heavy atom. The lowest BCUT2D eigenvalue weighted by atomic mass is 9.91. The molecule has 0 heterocycles. The van der Waals surface area contributed by atoms with E-state index in [1.165, 1.54) is 0 Å². The molecule has 8 heavy (non-hydrogen) atoms. The van der Waals surface area contributed by atoms with Gasteiger partial charge in [-0.3, -0.25) is 0 Å². The molecule has 0 aliphatic rings. The van der Waals surface area contributed by atoms with Crippen molar-refractivity contribution in [3.05, 3.63) is 0 Å². The first-order valence-corrected chi connectivity index (χ1v) is 2.58. The molecule has 0 N–H and O–H groups in total. The Bertz CT molecular complexity index is 83.0. The smallest absolute Gasteiger partial charge is 0.160 e. The highest BCUT2D eigenvalue weighted by Gasteiger charge is 2.22. The molecule has 1 unspecified atom stereocenters. The van der Waals surface area contributed by atoms with Crippen molar-refractivity contribution in [2.75, 3.05) is 0 Å². The van der Waals surface area contributed by atoms with Crippen LogP contribution in [0.4, 0.5) is 4.39 Å². The van der Waals surface area contributed by atoms with Crippen molar-refractivity contribution in [1.82, 2.24) is 0 Å². The number of aldehydes is 1. The van der Waals surface area contributed by atoms with Crippen LogP contribution in [0, 0.1) is 5.41 Å². The number of carbonyl (C=O) groups is 1. The number of halogens is 1. The maximum atomic E-state index is 12.3. The zero-order chi connectivity index (χ0) is 6.78. The molecule has 1 nitrogen and oxygen atoms in total. The summed E-state index contributed by atoms with van der Waals surface area (Å²) < 4.78 is 12.3. The van der Waals surface area contributed by atoms with E-state index in [-0.39, 0.29) is 0 Å². The molecule has 0 spiro atoms. The second kappa shape index (κ2) is 2.25. The lowest BCUT2D eigenvalue weighted by Crippen LogP contribution is -2.22. The van der Waals surface area contributed by atoms with E-state index in [0.29, 0.717) is 6.29 Å². The quantitative estimate of drug-likeness (QED) is 0.477. The van der Waals surface area contributed by atoms with Crippen molar-refractivity contribution in [3.63, 3.8) is 0 Å². The predicted molar refractivity (Wildman–Crippen MR) is 30.4 cm³/mol. The topological polar surface area (TPSA) is 17.1 Å². The Kier molecular flexibility index (Phi) is 2.13. The van der Waals surface area contributed by atoms with Gasteiger partial charge in [0.2, 0.25) is 0 Å². The van der Waals surface area contributed by atoms with Gasteiger partial charge in [0.25, 0.3) is 0 Å². The summed E-state index contributed by atoms with van der Waals surface area (Å²) in [4.78, 5) is 9.78. The van der Waals surface area contributed by atoms with E-state index in [9.17, 15) is 9.18 Å². The van der Waals surface area contributed by atoms with Gasteiger partial charge in [-0.25, -0.2) is 4.39 Å². The number of hydrogen-bond donors (Lipinski definition) is 0. The van der Waals surface area contributed by atoms with Crippen LogP contribution >= 0.6 is 0 Å². The van der Waals surface area contributed by atoms with Crippen LogP contribution in [0.1, 0.15) is 20.8 Å². The standard InChI is InChI=1S/C6H11FO/c1-6(2,3)5(7)4-8/h4-5H,1-3H3. The van der Waals surface area contributed by atoms with Crippen LogP contribution < -0.4 is 0 Å². The van der Waals surface area contributed by atoms with Crippen molar-refractivity contribution in [1.29, 1.82) is 0 Å². The minimum absolute atomic E-state index is 0.333. The summed E-state index contributed by atoms with van der Waals surface area (Å²) in [7, 11) is 0. The number of rotatable bonds is 1. The second-order valence-electron chi connectivity index (χ2n) is 2.90. The molecule has 0 saturated carbocycles. The Balaban J connectivity index is 3.80. The zero-order valence-corrected chi connectivity index (χ0v) is 5.44. The summed E-state index contributed by atoms with van der Waals surface area (Å²) in [5.41, 5.74) is -0.526. The molecule has 2 heteroatoms. The maximum Gasteiger partial charge on any atom is 0.160 e. The van der Waals surface area contributed by atoms with Gasteiger partial charge in [0.1, 0.15) is 0 Å². The summed E-state index contributed by atoms with van der Waals surface area (Å²) >= 11 is 0. The fourth-order valence-corrected chi connectivity index (χ4v) is 0.204. The number of carbonyl (C=O) groups excluding carboxylic acids is 1. The summed E-state index contributed by atoms with van der Waals surface area (Å²) in [6.45, 7) is 5.06. The minimum Gasteiger partial charge on any atom is -0.300 e. The highest BCUT2D eigenvalue weighted by molar-refractivity contribution is 5.56. The summed E-state index contributed by atoms with van der Waals surface area (Å²) in [5, 5.41) is 0. The van der Waals surface area contributed by atoms with Gasteiger partial charge in [0.15, 0.2) is 12.5 Å². The monoisotopic (exact) mass is 118 g/mol. The lowest BCUT2D eigenvalue weighted by molar-refractivity contribution is -0.115. The first-order chi connectivity index (χ1) is 3.48. The van der Waals surface area contributed by atoms with E-state index in [0.717, 1.165) is 0 Å². The van der Waals surface area contributed by atoms with Crippen molar-refractivity contribution in [2.24, 2.45) is 5.41 Å². The second-order valence-corrected chi connectivity index (χ2v) is 2.90. The van der Waals surface area contributed by atoms with E-state index in [1.807, 2.05) is 0 Å². The van der Waals surface area contributed by atoms with E-state index >= 15 is 0 Å². The summed E-state index contributed by atoms with van der Waals surface area (Å²) in [5.74, 6) is 0. The molecule has 0 aromatic heterocycles. The fourth-order valence-electron chi connectivity index (χ4n) is 0.204. The van der Waals surface area contributed by atoms with E-state index in [2.05, 4.69) is 0 Å². The van der Waals surface area contributed by atoms with Crippen LogP contribution in [0.25, 0.3) is 0 Å². The van der Waals surface area contributed by atoms with Gasteiger partial charge < -0.3 is 4.79 Å². The first kappa shape index (κ1) is 7.60. The third kappa shape index (κ3) is 2.05. The van der Waals surface area contributed by atoms with E-state index in [1.54, 1.807) is 20.8 Å². The molecular weight excluding hydrogens is 107 g/mol. The minimum atomic E-state index is -1.33. The third-order valence-corrected chi connectivity index (χ3v) is 0.947. The van der Waals surface area contributed by atoms with Crippen LogP contribution in [0.15, 0.2) is 0 Å². The lowest BCUT2D eigenvalue weighted by Gasteiger charge is -2.17. The SMILES string of the molecule is CC(C)(C)C(F)C=O. The van der Waals surface area contributed by atoms with Gasteiger partial charge in [-0.05, 0) is 0 Å². The average Bonchev–Trinajstić information content (AvgIpc) is 1.62. The normalized spacial score (nSPS) is 15.5. The molecule has 0 aliphatic heterocycles. The highest BCUT2D eigenvalue weighted by atomic mass is 19.1. The molecule has 0 amide bonds. The maximum absolute atomic E-state index is 12.3. The molecule has 0 aromatic rings. The Morgan fingerprint density at radius 2 is 1.88 bits per heavy atom. The van der Waals surface area contributed by atoms with Gasteiger partial charge in [-0.2, -0.15) is 0 Å². The summed E-state index contributed by atoms with van der Waals surface area (Å²) in [6, 6.07) is 0. The number of hydrogen-bond acceptors (Lipinski definition) is 1. The first-order valence-electron chi connectivity index (χ1n) is 2.58. The van der Waals surface area contributed by atoms with Crippen LogP contribution in [0.3, 0.4) is 0 Å². The largest absolute Gasteiger partial charge is 0.300 e. The average molecular weight is 118 g/mol. The van der Waals surface area contributed by atoms with Crippen LogP contribution in [0.5, 0.6) is 0 Å². The Labute approximate surface area is 48.9 Å². The molecule has 0 aliphatic carbocycles. The number of alkyl halides is 1. The molecular formula is C6H11FO. The molecule has 0 fully saturated rings. The molecule has 0 saturated heterocycles. The molecule has 48 valence electrons. The van der Waals surface area contributed by atoms with Gasteiger partial charge in [0.05, 0.1) is 0 Å². The van der Waals surface area contributed by atoms with Gasteiger partial charge in [-0.15, -0.1) is 0 Å². The van der Waals surface area contributed by atoms with Crippen LogP contribution in [-0.4, -0.2) is 12.5 Å². The van der Waals surface area contributed by atoms with Gasteiger partial charge in [-0.1, -0.05) is 20.8 Å². The van der Waals surface area contributed by atoms with Gasteiger partial charge >= 0.3 is 0 Å². The van der Waals surface area contributed by atoms with Crippen molar-refractivity contribution >= 4 is 6.29 Å². The van der Waals surface area contributed by atoms with Crippen molar-refractivity contribution in [3.8, 4) is 0 Å². The molecule has 1 atom stereocenters. The van der Waals surface area contributed by atoms with Crippen molar-refractivity contribution in [2.45, 2.75) is 26.9 Å². The van der Waals surface area contributed by atoms with Crippen LogP contribution in [-0.2, 0) is 4.79 Å². The Morgan fingerprint density at radius 3 is 1.88 bits per heavy atom. The van der Waals surface area contributed by atoms with E-state index in [4.69, 9.17) is 0 Å². The third-order valence-electron chi connectivity index (χ3n) is 0.947. The van der Waals surface area contributed by atoms with Crippen molar-refractivity contribution < 1.29 is 9.18 Å². The zero-order valence-electron chi connectivity index (χ0n) is 5.44. The highest BCUT2D eigenvalue weighted by Crippen LogP contribution is 2.19. The molecule has 0 rings (SSSR count).